The normalized spacial score (nSPS) is 10.3. The van der Waals surface area contributed by atoms with Crippen LogP contribution in [0.15, 0.2) is 40.9 Å². The lowest BCUT2D eigenvalue weighted by Gasteiger charge is -2.11. The van der Waals surface area contributed by atoms with E-state index in [9.17, 15) is 0 Å². The lowest BCUT2D eigenvalue weighted by atomic mass is 10.2. The second kappa shape index (κ2) is 6.51. The molecule has 100 valence electrons. The molecule has 5 heteroatoms. The summed E-state index contributed by atoms with van der Waals surface area (Å²) in [6.45, 7) is 0.648. The van der Waals surface area contributed by atoms with E-state index < -0.39 is 0 Å². The molecular weight excluding hydrogens is 349 g/mol. The zero-order valence-electron chi connectivity index (χ0n) is 10.2. The highest BCUT2D eigenvalue weighted by molar-refractivity contribution is 9.10. The van der Waals surface area contributed by atoms with Crippen LogP contribution in [0, 0.1) is 0 Å². The molecule has 2 aromatic carbocycles. The first-order valence-corrected chi connectivity index (χ1v) is 7.17. The van der Waals surface area contributed by atoms with E-state index in [-0.39, 0.29) is 0 Å². The Bertz CT molecular complexity index is 590. The Labute approximate surface area is 130 Å². The van der Waals surface area contributed by atoms with E-state index in [1.54, 1.807) is 7.11 Å². The van der Waals surface area contributed by atoms with Crippen molar-refractivity contribution in [3.05, 3.63) is 56.5 Å². The molecule has 2 rings (SSSR count). The number of rotatable bonds is 4. The first kappa shape index (κ1) is 14.5. The zero-order chi connectivity index (χ0) is 13.8. The van der Waals surface area contributed by atoms with Gasteiger partial charge in [-0.3, -0.25) is 0 Å². The van der Waals surface area contributed by atoms with Crippen LogP contribution in [-0.2, 0) is 6.54 Å². The SMILES string of the molecule is COc1cccc(CNc2ccc(Br)c(Cl)c2Cl)c1. The van der Waals surface area contributed by atoms with Crippen molar-refractivity contribution in [2.45, 2.75) is 6.54 Å². The summed E-state index contributed by atoms with van der Waals surface area (Å²) in [6.07, 6.45) is 0. The number of methoxy groups -OCH3 is 1. The summed E-state index contributed by atoms with van der Waals surface area (Å²) >= 11 is 15.6. The van der Waals surface area contributed by atoms with Gasteiger partial charge >= 0.3 is 0 Å². The van der Waals surface area contributed by atoms with E-state index in [0.717, 1.165) is 21.5 Å². The summed E-state index contributed by atoms with van der Waals surface area (Å²) in [5.41, 5.74) is 1.91. The van der Waals surface area contributed by atoms with Crippen LogP contribution in [0.5, 0.6) is 5.75 Å². The van der Waals surface area contributed by atoms with Gasteiger partial charge in [0, 0.05) is 11.0 Å². The molecule has 0 aromatic heterocycles. The molecule has 0 saturated carbocycles. The van der Waals surface area contributed by atoms with Gasteiger partial charge in [-0.2, -0.15) is 0 Å². The summed E-state index contributed by atoms with van der Waals surface area (Å²) in [5, 5.41) is 4.28. The minimum absolute atomic E-state index is 0.511. The standard InChI is InChI=1S/C14H12BrCl2NO/c1-19-10-4-2-3-9(7-10)8-18-12-6-5-11(15)13(16)14(12)17/h2-7,18H,8H2,1H3. The molecular formula is C14H12BrCl2NO. The number of halogens is 3. The lowest BCUT2D eigenvalue weighted by molar-refractivity contribution is 0.414. The van der Waals surface area contributed by atoms with Gasteiger partial charge in [-0.1, -0.05) is 35.3 Å². The van der Waals surface area contributed by atoms with Gasteiger partial charge in [-0.25, -0.2) is 0 Å². The summed E-state index contributed by atoms with van der Waals surface area (Å²) in [4.78, 5) is 0. The molecule has 19 heavy (non-hydrogen) atoms. The first-order chi connectivity index (χ1) is 9.11. The highest BCUT2D eigenvalue weighted by atomic mass is 79.9. The van der Waals surface area contributed by atoms with Crippen LogP contribution in [-0.4, -0.2) is 7.11 Å². The molecule has 0 spiro atoms. The van der Waals surface area contributed by atoms with Gasteiger partial charge < -0.3 is 10.1 Å². The Balaban J connectivity index is 2.12. The Morgan fingerprint density at radius 1 is 1.16 bits per heavy atom. The third-order valence-corrected chi connectivity index (χ3v) is 4.42. The fraction of sp³-hybridized carbons (Fsp3) is 0.143. The summed E-state index contributed by atoms with van der Waals surface area (Å²) in [6, 6.07) is 11.6. The molecule has 0 atom stereocenters. The van der Waals surface area contributed by atoms with E-state index in [1.165, 1.54) is 0 Å². The predicted octanol–water partition coefficient (Wildman–Crippen LogP) is 5.38. The van der Waals surface area contributed by atoms with Crippen LogP contribution >= 0.6 is 39.1 Å². The van der Waals surface area contributed by atoms with Gasteiger partial charge in [0.15, 0.2) is 0 Å². The van der Waals surface area contributed by atoms with Crippen molar-refractivity contribution in [1.82, 2.24) is 0 Å². The first-order valence-electron chi connectivity index (χ1n) is 5.62. The summed E-state index contributed by atoms with van der Waals surface area (Å²) in [7, 11) is 1.65. The van der Waals surface area contributed by atoms with Crippen LogP contribution < -0.4 is 10.1 Å². The summed E-state index contributed by atoms with van der Waals surface area (Å²) in [5.74, 6) is 0.833. The molecule has 0 aliphatic rings. The molecule has 0 fully saturated rings. The second-order valence-corrected chi connectivity index (χ2v) is 5.54. The van der Waals surface area contributed by atoms with Gasteiger partial charge in [-0.05, 0) is 45.8 Å². The van der Waals surface area contributed by atoms with Gasteiger partial charge in [0.2, 0.25) is 0 Å². The van der Waals surface area contributed by atoms with Crippen LogP contribution in [0.4, 0.5) is 5.69 Å². The van der Waals surface area contributed by atoms with Crippen LogP contribution in [0.2, 0.25) is 10.0 Å². The van der Waals surface area contributed by atoms with E-state index in [0.29, 0.717) is 16.6 Å². The molecule has 0 amide bonds. The van der Waals surface area contributed by atoms with Crippen molar-refractivity contribution in [2.75, 3.05) is 12.4 Å². The van der Waals surface area contributed by atoms with E-state index in [4.69, 9.17) is 27.9 Å². The Morgan fingerprint density at radius 2 is 1.95 bits per heavy atom. The average Bonchev–Trinajstić information content (AvgIpc) is 2.44. The maximum Gasteiger partial charge on any atom is 0.119 e. The van der Waals surface area contributed by atoms with Crippen molar-refractivity contribution in [3.8, 4) is 5.75 Å². The maximum atomic E-state index is 6.17. The van der Waals surface area contributed by atoms with Gasteiger partial charge in [0.05, 0.1) is 22.8 Å². The maximum absolute atomic E-state index is 6.17. The minimum atomic E-state index is 0.511. The van der Waals surface area contributed by atoms with Crippen molar-refractivity contribution < 1.29 is 4.74 Å². The van der Waals surface area contributed by atoms with E-state index in [1.807, 2.05) is 36.4 Å². The number of hydrogen-bond donors (Lipinski definition) is 1. The highest BCUT2D eigenvalue weighted by Crippen LogP contribution is 2.36. The number of hydrogen-bond acceptors (Lipinski definition) is 2. The Hall–Kier alpha value is -0.900. The molecule has 0 radical (unpaired) electrons. The van der Waals surface area contributed by atoms with Crippen molar-refractivity contribution in [1.29, 1.82) is 0 Å². The predicted molar refractivity (Wildman–Crippen MR) is 84.5 cm³/mol. The average molecular weight is 361 g/mol. The smallest absolute Gasteiger partial charge is 0.119 e. The fourth-order valence-electron chi connectivity index (χ4n) is 1.64. The monoisotopic (exact) mass is 359 g/mol. The van der Waals surface area contributed by atoms with Crippen molar-refractivity contribution in [3.63, 3.8) is 0 Å². The molecule has 0 saturated heterocycles. The van der Waals surface area contributed by atoms with Gasteiger partial charge in [0.1, 0.15) is 5.75 Å². The summed E-state index contributed by atoms with van der Waals surface area (Å²) < 4.78 is 5.97. The zero-order valence-corrected chi connectivity index (χ0v) is 13.3. The topological polar surface area (TPSA) is 21.3 Å². The number of ether oxygens (including phenoxy) is 1. The number of anilines is 1. The lowest BCUT2D eigenvalue weighted by Crippen LogP contribution is -2.00. The van der Waals surface area contributed by atoms with Crippen LogP contribution in [0.3, 0.4) is 0 Å². The van der Waals surface area contributed by atoms with E-state index >= 15 is 0 Å². The van der Waals surface area contributed by atoms with Crippen LogP contribution in [0.1, 0.15) is 5.56 Å². The molecule has 0 unspecified atom stereocenters. The molecule has 0 aliphatic heterocycles. The third kappa shape index (κ3) is 3.56. The molecule has 0 bridgehead atoms. The van der Waals surface area contributed by atoms with Gasteiger partial charge in [0.25, 0.3) is 0 Å². The third-order valence-electron chi connectivity index (χ3n) is 2.65. The number of nitrogens with one attached hydrogen (secondary N) is 1. The molecule has 1 N–H and O–H groups in total. The molecule has 2 nitrogen and oxygen atoms in total. The fourth-order valence-corrected chi connectivity index (χ4v) is 2.48. The van der Waals surface area contributed by atoms with Crippen molar-refractivity contribution >= 4 is 44.8 Å². The van der Waals surface area contributed by atoms with Crippen molar-refractivity contribution in [2.24, 2.45) is 0 Å². The molecule has 0 heterocycles. The molecule has 2 aromatic rings. The quantitative estimate of drug-likeness (QED) is 0.739. The minimum Gasteiger partial charge on any atom is -0.497 e. The van der Waals surface area contributed by atoms with Crippen LogP contribution in [0.25, 0.3) is 0 Å². The highest BCUT2D eigenvalue weighted by Gasteiger charge is 2.08. The number of benzene rings is 2. The Morgan fingerprint density at radius 3 is 2.68 bits per heavy atom. The second-order valence-electron chi connectivity index (χ2n) is 3.93. The van der Waals surface area contributed by atoms with Gasteiger partial charge in [-0.15, -0.1) is 0 Å². The van der Waals surface area contributed by atoms with E-state index in [2.05, 4.69) is 21.2 Å². The Kier molecular flexibility index (Phi) is 4.97. The molecule has 0 aliphatic carbocycles. The largest absolute Gasteiger partial charge is 0.497 e.